The first-order chi connectivity index (χ1) is 8.47. The van der Waals surface area contributed by atoms with Crippen molar-refractivity contribution in [1.82, 2.24) is 5.32 Å². The summed E-state index contributed by atoms with van der Waals surface area (Å²) in [6, 6.07) is 3.21. The van der Waals surface area contributed by atoms with Gasteiger partial charge in [-0.3, -0.25) is 14.9 Å². The molecule has 0 aliphatic carbocycles. The molecule has 6 nitrogen and oxygen atoms in total. The van der Waals surface area contributed by atoms with Crippen molar-refractivity contribution in [2.24, 2.45) is 0 Å². The molecule has 1 aliphatic rings. The summed E-state index contributed by atoms with van der Waals surface area (Å²) in [6.07, 6.45) is 0.419. The monoisotopic (exact) mass is 313 g/mol. The van der Waals surface area contributed by atoms with Gasteiger partial charge in [-0.25, -0.2) is 0 Å². The molecule has 1 aromatic rings. The standard InChI is InChI=1S/C11H12BrN3O3/c1-6-2-9(8(12)4-10(6)15(17)18)14-7-3-11(16)13-5-7/h2,4,7,14H,3,5H2,1H3,(H,13,16). The van der Waals surface area contributed by atoms with Gasteiger partial charge in [-0.15, -0.1) is 0 Å². The van der Waals surface area contributed by atoms with Crippen LogP contribution in [0.15, 0.2) is 16.6 Å². The molecular formula is C11H12BrN3O3. The number of nitro groups is 1. The third-order valence-corrected chi connectivity index (χ3v) is 3.48. The summed E-state index contributed by atoms with van der Waals surface area (Å²) in [5.41, 5.74) is 1.43. The van der Waals surface area contributed by atoms with Gasteiger partial charge in [0.15, 0.2) is 0 Å². The molecule has 0 saturated carbocycles. The van der Waals surface area contributed by atoms with E-state index >= 15 is 0 Å². The average molecular weight is 314 g/mol. The number of hydrogen-bond donors (Lipinski definition) is 2. The molecular weight excluding hydrogens is 302 g/mol. The molecule has 0 bridgehead atoms. The predicted molar refractivity (Wildman–Crippen MR) is 70.6 cm³/mol. The fourth-order valence-corrected chi connectivity index (χ4v) is 2.35. The quantitative estimate of drug-likeness (QED) is 0.660. The van der Waals surface area contributed by atoms with Crippen LogP contribution in [0.5, 0.6) is 0 Å². The number of nitro benzene ring substituents is 1. The lowest BCUT2D eigenvalue weighted by Crippen LogP contribution is -2.22. The van der Waals surface area contributed by atoms with E-state index in [1.54, 1.807) is 13.0 Å². The Balaban J connectivity index is 2.21. The number of rotatable bonds is 3. The Labute approximate surface area is 112 Å². The lowest BCUT2D eigenvalue weighted by Gasteiger charge is -2.14. The van der Waals surface area contributed by atoms with E-state index in [9.17, 15) is 14.9 Å². The van der Waals surface area contributed by atoms with Gasteiger partial charge in [0.1, 0.15) is 0 Å². The van der Waals surface area contributed by atoms with Crippen molar-refractivity contribution in [1.29, 1.82) is 0 Å². The fraction of sp³-hybridized carbons (Fsp3) is 0.364. The summed E-state index contributed by atoms with van der Waals surface area (Å²) >= 11 is 3.30. The third kappa shape index (κ3) is 2.61. The van der Waals surface area contributed by atoms with Crippen molar-refractivity contribution < 1.29 is 9.72 Å². The first-order valence-corrected chi connectivity index (χ1v) is 6.24. The summed E-state index contributed by atoms with van der Waals surface area (Å²) in [4.78, 5) is 21.5. The summed E-state index contributed by atoms with van der Waals surface area (Å²) < 4.78 is 0.624. The molecule has 0 spiro atoms. The molecule has 2 N–H and O–H groups in total. The molecule has 18 heavy (non-hydrogen) atoms. The van der Waals surface area contributed by atoms with Crippen LogP contribution in [0.25, 0.3) is 0 Å². The molecule has 1 saturated heterocycles. The van der Waals surface area contributed by atoms with Crippen LogP contribution in [-0.4, -0.2) is 23.4 Å². The van der Waals surface area contributed by atoms with Gasteiger partial charge in [-0.05, 0) is 28.9 Å². The maximum Gasteiger partial charge on any atom is 0.273 e. The molecule has 1 atom stereocenters. The van der Waals surface area contributed by atoms with E-state index in [0.29, 0.717) is 23.0 Å². The van der Waals surface area contributed by atoms with Gasteiger partial charge in [-0.1, -0.05) is 0 Å². The SMILES string of the molecule is Cc1cc(NC2CNC(=O)C2)c(Br)cc1[N+](=O)[O-]. The Morgan fingerprint density at radius 1 is 1.56 bits per heavy atom. The number of halogens is 1. The van der Waals surface area contributed by atoms with Crippen LogP contribution in [0, 0.1) is 17.0 Å². The number of nitrogens with one attached hydrogen (secondary N) is 2. The van der Waals surface area contributed by atoms with E-state index in [4.69, 9.17) is 0 Å². The number of carbonyl (C=O) groups excluding carboxylic acids is 1. The molecule has 1 amide bonds. The Hall–Kier alpha value is -1.63. The summed E-state index contributed by atoms with van der Waals surface area (Å²) in [5.74, 6) is 0.0160. The maximum atomic E-state index is 11.1. The topological polar surface area (TPSA) is 84.3 Å². The number of hydrogen-bond acceptors (Lipinski definition) is 4. The van der Waals surface area contributed by atoms with E-state index in [0.717, 1.165) is 5.69 Å². The van der Waals surface area contributed by atoms with Crippen molar-refractivity contribution in [3.63, 3.8) is 0 Å². The predicted octanol–water partition coefficient (Wildman–Crippen LogP) is 1.97. The van der Waals surface area contributed by atoms with Crippen LogP contribution >= 0.6 is 15.9 Å². The molecule has 1 heterocycles. The van der Waals surface area contributed by atoms with E-state index in [2.05, 4.69) is 26.6 Å². The van der Waals surface area contributed by atoms with Gasteiger partial charge in [0.05, 0.1) is 11.0 Å². The molecule has 0 radical (unpaired) electrons. The number of anilines is 1. The Morgan fingerprint density at radius 3 is 2.83 bits per heavy atom. The van der Waals surface area contributed by atoms with Crippen LogP contribution in [0.3, 0.4) is 0 Å². The highest BCUT2D eigenvalue weighted by Gasteiger charge is 2.22. The minimum Gasteiger partial charge on any atom is -0.379 e. The normalized spacial score (nSPS) is 18.6. The fourth-order valence-electron chi connectivity index (χ4n) is 1.91. The molecule has 1 aliphatic heterocycles. The molecule has 96 valence electrons. The number of nitrogens with zero attached hydrogens (tertiary/aromatic N) is 1. The van der Waals surface area contributed by atoms with E-state index in [1.165, 1.54) is 6.07 Å². The van der Waals surface area contributed by atoms with Crippen LogP contribution in [-0.2, 0) is 4.79 Å². The summed E-state index contributed by atoms with van der Waals surface area (Å²) in [7, 11) is 0. The smallest absolute Gasteiger partial charge is 0.273 e. The highest BCUT2D eigenvalue weighted by molar-refractivity contribution is 9.10. The highest BCUT2D eigenvalue weighted by Crippen LogP contribution is 2.31. The number of aryl methyl sites for hydroxylation is 1. The molecule has 7 heteroatoms. The highest BCUT2D eigenvalue weighted by atomic mass is 79.9. The van der Waals surface area contributed by atoms with Gasteiger partial charge in [0, 0.05) is 34.8 Å². The van der Waals surface area contributed by atoms with Crippen molar-refractivity contribution in [2.75, 3.05) is 11.9 Å². The summed E-state index contributed by atoms with van der Waals surface area (Å²) in [6.45, 7) is 2.26. The van der Waals surface area contributed by atoms with E-state index < -0.39 is 4.92 Å². The van der Waals surface area contributed by atoms with Crippen LogP contribution in [0.1, 0.15) is 12.0 Å². The molecule has 1 aromatic carbocycles. The second kappa shape index (κ2) is 4.93. The largest absolute Gasteiger partial charge is 0.379 e. The van der Waals surface area contributed by atoms with Crippen LogP contribution in [0.4, 0.5) is 11.4 Å². The molecule has 0 aromatic heterocycles. The zero-order chi connectivity index (χ0) is 13.3. The van der Waals surface area contributed by atoms with Gasteiger partial charge >= 0.3 is 0 Å². The molecule has 2 rings (SSSR count). The second-order valence-electron chi connectivity index (χ2n) is 4.23. The van der Waals surface area contributed by atoms with Gasteiger partial charge in [0.2, 0.25) is 5.91 Å². The maximum absolute atomic E-state index is 11.1. The van der Waals surface area contributed by atoms with E-state index in [1.807, 2.05) is 0 Å². The second-order valence-corrected chi connectivity index (χ2v) is 5.08. The Morgan fingerprint density at radius 2 is 2.28 bits per heavy atom. The average Bonchev–Trinajstić information content (AvgIpc) is 2.68. The van der Waals surface area contributed by atoms with Gasteiger partial charge in [0.25, 0.3) is 5.69 Å². The number of amides is 1. The lowest BCUT2D eigenvalue weighted by atomic mass is 10.1. The molecule has 1 fully saturated rings. The minimum absolute atomic E-state index is 0.0160. The van der Waals surface area contributed by atoms with Crippen LogP contribution < -0.4 is 10.6 Å². The van der Waals surface area contributed by atoms with Crippen molar-refractivity contribution in [2.45, 2.75) is 19.4 Å². The van der Waals surface area contributed by atoms with Gasteiger partial charge in [-0.2, -0.15) is 0 Å². The minimum atomic E-state index is -0.412. The summed E-state index contributed by atoms with van der Waals surface area (Å²) in [5, 5.41) is 16.7. The molecule has 1 unspecified atom stereocenters. The van der Waals surface area contributed by atoms with Crippen molar-refractivity contribution in [3.8, 4) is 0 Å². The lowest BCUT2D eigenvalue weighted by molar-refractivity contribution is -0.385. The van der Waals surface area contributed by atoms with Crippen molar-refractivity contribution >= 4 is 33.2 Å². The van der Waals surface area contributed by atoms with Crippen LogP contribution in [0.2, 0.25) is 0 Å². The van der Waals surface area contributed by atoms with E-state index in [-0.39, 0.29) is 17.6 Å². The Kier molecular flexibility index (Phi) is 3.51. The third-order valence-electron chi connectivity index (χ3n) is 2.82. The zero-order valence-electron chi connectivity index (χ0n) is 9.70. The van der Waals surface area contributed by atoms with Crippen molar-refractivity contribution in [3.05, 3.63) is 32.3 Å². The first-order valence-electron chi connectivity index (χ1n) is 5.45. The number of benzene rings is 1. The first kappa shape index (κ1) is 12.8. The Bertz CT molecular complexity index is 519. The zero-order valence-corrected chi connectivity index (χ0v) is 11.3. The number of carbonyl (C=O) groups is 1. The van der Waals surface area contributed by atoms with Gasteiger partial charge < -0.3 is 10.6 Å².